The van der Waals surface area contributed by atoms with E-state index in [4.69, 9.17) is 5.73 Å². The summed E-state index contributed by atoms with van der Waals surface area (Å²) in [5, 5.41) is 0. The van der Waals surface area contributed by atoms with Crippen LogP contribution in [0.15, 0.2) is 27.1 Å². The summed E-state index contributed by atoms with van der Waals surface area (Å²) in [5.41, 5.74) is 7.68. The minimum atomic E-state index is 0.521. The summed E-state index contributed by atoms with van der Waals surface area (Å²) in [4.78, 5) is 8.74. The molecule has 0 unspecified atom stereocenters. The first-order valence-corrected chi connectivity index (χ1v) is 7.40. The number of nitrogens with two attached hydrogens (primary N) is 1. The summed E-state index contributed by atoms with van der Waals surface area (Å²) >= 11 is 9.04. The van der Waals surface area contributed by atoms with Crippen LogP contribution in [0.2, 0.25) is 0 Å². The van der Waals surface area contributed by atoms with Crippen LogP contribution in [0.5, 0.6) is 0 Å². The van der Waals surface area contributed by atoms with E-state index in [1.807, 2.05) is 25.1 Å². The molecule has 0 atom stereocenters. The Morgan fingerprint density at radius 3 is 2.47 bits per heavy atom. The molecule has 0 bridgehead atoms. The zero-order valence-electron chi connectivity index (χ0n) is 8.84. The van der Waals surface area contributed by atoms with E-state index < -0.39 is 0 Å². The first-order valence-electron chi connectivity index (χ1n) is 4.74. The van der Waals surface area contributed by atoms with Crippen LogP contribution >= 0.6 is 54.5 Å². The molecule has 0 saturated carbocycles. The molecule has 0 aliphatic rings. The fourth-order valence-corrected chi connectivity index (χ4v) is 2.21. The zero-order chi connectivity index (χ0) is 12.6. The summed E-state index contributed by atoms with van der Waals surface area (Å²) in [6.45, 7) is 1.93. The smallest absolute Gasteiger partial charge is 0.161 e. The second kappa shape index (κ2) is 5.19. The monoisotopic (exact) mass is 467 g/mol. The Hall–Kier alpha value is -0.210. The lowest BCUT2D eigenvalue weighted by Crippen LogP contribution is -2.02. The van der Waals surface area contributed by atoms with Gasteiger partial charge in [-0.15, -0.1) is 0 Å². The summed E-state index contributed by atoms with van der Waals surface area (Å²) in [6, 6.07) is 5.87. The summed E-state index contributed by atoms with van der Waals surface area (Å²) in [6.07, 6.45) is 0. The van der Waals surface area contributed by atoms with Gasteiger partial charge in [-0.25, -0.2) is 9.97 Å². The van der Waals surface area contributed by atoms with Crippen LogP contribution in [-0.4, -0.2) is 9.97 Å². The Bertz CT molecular complexity index is 564. The molecule has 0 aliphatic carbocycles. The third-order valence-corrected chi connectivity index (χ3v) is 5.43. The SMILES string of the molecule is Cc1nc(-c2ccc(Br)c(Br)c2)nc(N)c1I. The molecule has 3 nitrogen and oxygen atoms in total. The third-order valence-electron chi connectivity index (χ3n) is 2.22. The predicted octanol–water partition coefficient (Wildman–Crippen LogP) is 4.16. The van der Waals surface area contributed by atoms with Gasteiger partial charge in [0.15, 0.2) is 5.82 Å². The second-order valence-electron chi connectivity index (χ2n) is 3.46. The Kier molecular flexibility index (Phi) is 4.04. The van der Waals surface area contributed by atoms with Crippen molar-refractivity contribution in [3.63, 3.8) is 0 Å². The Morgan fingerprint density at radius 2 is 1.88 bits per heavy atom. The second-order valence-corrected chi connectivity index (χ2v) is 6.25. The number of nitrogen functional groups attached to an aromatic ring is 1. The van der Waals surface area contributed by atoms with Gasteiger partial charge in [0.1, 0.15) is 5.82 Å². The third kappa shape index (κ3) is 2.79. The van der Waals surface area contributed by atoms with Gasteiger partial charge in [-0.2, -0.15) is 0 Å². The Labute approximate surface area is 130 Å². The molecule has 0 aliphatic heterocycles. The molecule has 0 saturated heterocycles. The van der Waals surface area contributed by atoms with Gasteiger partial charge < -0.3 is 5.73 Å². The number of benzene rings is 1. The number of anilines is 1. The van der Waals surface area contributed by atoms with Gasteiger partial charge in [-0.1, -0.05) is 0 Å². The zero-order valence-corrected chi connectivity index (χ0v) is 14.2. The summed E-state index contributed by atoms with van der Waals surface area (Å²) in [5.74, 6) is 1.17. The van der Waals surface area contributed by atoms with E-state index in [1.165, 1.54) is 0 Å². The van der Waals surface area contributed by atoms with Crippen molar-refractivity contribution in [2.24, 2.45) is 0 Å². The van der Waals surface area contributed by atoms with Crippen molar-refractivity contribution in [2.45, 2.75) is 6.92 Å². The maximum Gasteiger partial charge on any atom is 0.161 e. The van der Waals surface area contributed by atoms with Crippen molar-refractivity contribution in [3.05, 3.63) is 36.4 Å². The first-order chi connectivity index (χ1) is 7.99. The number of aryl methyl sites for hydroxylation is 1. The van der Waals surface area contributed by atoms with Gasteiger partial charge in [0.05, 0.1) is 9.26 Å². The molecule has 0 spiro atoms. The maximum atomic E-state index is 5.85. The molecular formula is C11H8Br2IN3. The highest BCUT2D eigenvalue weighted by Gasteiger charge is 2.09. The minimum Gasteiger partial charge on any atom is -0.383 e. The number of hydrogen-bond donors (Lipinski definition) is 1. The van der Waals surface area contributed by atoms with Crippen molar-refractivity contribution in [3.8, 4) is 11.4 Å². The quantitative estimate of drug-likeness (QED) is 0.639. The molecule has 0 fully saturated rings. The van der Waals surface area contributed by atoms with E-state index in [0.717, 1.165) is 23.8 Å². The Morgan fingerprint density at radius 1 is 1.18 bits per heavy atom. The standard InChI is InChI=1S/C11H8Br2IN3/c1-5-9(14)10(15)17-11(16-5)6-2-3-7(12)8(13)4-6/h2-4H,1H3,(H2,15,16,17). The summed E-state index contributed by atoms with van der Waals surface area (Å²) in [7, 11) is 0. The molecule has 0 amide bonds. The number of aromatic nitrogens is 2. The van der Waals surface area contributed by atoms with Crippen LogP contribution in [-0.2, 0) is 0 Å². The average molecular weight is 469 g/mol. The number of halogens is 3. The molecule has 6 heteroatoms. The normalized spacial score (nSPS) is 10.6. The van der Waals surface area contributed by atoms with Crippen LogP contribution in [0, 0.1) is 10.5 Å². The van der Waals surface area contributed by atoms with Crippen molar-refractivity contribution in [2.75, 3.05) is 5.73 Å². The predicted molar refractivity (Wildman–Crippen MR) is 84.7 cm³/mol. The molecule has 88 valence electrons. The number of rotatable bonds is 1. The molecule has 17 heavy (non-hydrogen) atoms. The van der Waals surface area contributed by atoms with E-state index in [0.29, 0.717) is 11.6 Å². The van der Waals surface area contributed by atoms with E-state index in [9.17, 15) is 0 Å². The van der Waals surface area contributed by atoms with Gasteiger partial charge in [-0.05, 0) is 79.6 Å². The van der Waals surface area contributed by atoms with Crippen LogP contribution in [0.4, 0.5) is 5.82 Å². The first kappa shape index (κ1) is 13.2. The van der Waals surface area contributed by atoms with Gasteiger partial charge in [0.2, 0.25) is 0 Å². The van der Waals surface area contributed by atoms with Gasteiger partial charge in [0.25, 0.3) is 0 Å². The molecule has 1 aromatic carbocycles. The van der Waals surface area contributed by atoms with Gasteiger partial charge >= 0.3 is 0 Å². The Balaban J connectivity index is 2.57. The summed E-state index contributed by atoms with van der Waals surface area (Å²) < 4.78 is 2.87. The van der Waals surface area contributed by atoms with E-state index >= 15 is 0 Å². The van der Waals surface area contributed by atoms with E-state index in [1.54, 1.807) is 0 Å². The van der Waals surface area contributed by atoms with Crippen molar-refractivity contribution in [1.29, 1.82) is 0 Å². The molecule has 0 radical (unpaired) electrons. The molecule has 1 aromatic heterocycles. The van der Waals surface area contributed by atoms with E-state index in [2.05, 4.69) is 64.4 Å². The fourth-order valence-electron chi connectivity index (χ4n) is 1.35. The lowest BCUT2D eigenvalue weighted by Gasteiger charge is -2.06. The number of nitrogens with zero attached hydrogens (tertiary/aromatic N) is 2. The highest BCUT2D eigenvalue weighted by Crippen LogP contribution is 2.28. The highest BCUT2D eigenvalue weighted by atomic mass is 127. The van der Waals surface area contributed by atoms with Crippen LogP contribution < -0.4 is 5.73 Å². The molecule has 2 rings (SSSR count). The van der Waals surface area contributed by atoms with E-state index in [-0.39, 0.29) is 0 Å². The average Bonchev–Trinajstić information content (AvgIpc) is 2.29. The van der Waals surface area contributed by atoms with Crippen LogP contribution in [0.25, 0.3) is 11.4 Å². The highest BCUT2D eigenvalue weighted by molar-refractivity contribution is 14.1. The largest absolute Gasteiger partial charge is 0.383 e. The van der Waals surface area contributed by atoms with Crippen molar-refractivity contribution >= 4 is 60.3 Å². The lowest BCUT2D eigenvalue weighted by molar-refractivity contribution is 1.10. The van der Waals surface area contributed by atoms with Crippen molar-refractivity contribution < 1.29 is 0 Å². The molecule has 1 heterocycles. The topological polar surface area (TPSA) is 51.8 Å². The molecule has 2 N–H and O–H groups in total. The number of hydrogen-bond acceptors (Lipinski definition) is 3. The van der Waals surface area contributed by atoms with Gasteiger partial charge in [0, 0.05) is 14.5 Å². The van der Waals surface area contributed by atoms with Crippen LogP contribution in [0.3, 0.4) is 0 Å². The van der Waals surface area contributed by atoms with Crippen molar-refractivity contribution in [1.82, 2.24) is 9.97 Å². The fraction of sp³-hybridized carbons (Fsp3) is 0.0909. The molecular weight excluding hydrogens is 461 g/mol. The van der Waals surface area contributed by atoms with Crippen LogP contribution in [0.1, 0.15) is 5.69 Å². The van der Waals surface area contributed by atoms with Gasteiger partial charge in [-0.3, -0.25) is 0 Å². The minimum absolute atomic E-state index is 0.521. The lowest BCUT2D eigenvalue weighted by atomic mass is 10.2. The molecule has 2 aromatic rings. The maximum absolute atomic E-state index is 5.85.